The highest BCUT2D eigenvalue weighted by atomic mass is 32.1. The van der Waals surface area contributed by atoms with E-state index in [-0.39, 0.29) is 0 Å². The number of nitrogens with one attached hydrogen (secondary N) is 1. The summed E-state index contributed by atoms with van der Waals surface area (Å²) in [6, 6.07) is 8.42. The minimum absolute atomic E-state index is 0.719. The van der Waals surface area contributed by atoms with Crippen molar-refractivity contribution in [3.63, 3.8) is 0 Å². The highest BCUT2D eigenvalue weighted by molar-refractivity contribution is 7.80. The summed E-state index contributed by atoms with van der Waals surface area (Å²) in [4.78, 5) is 5.48. The average molecular weight is 300 g/mol. The monoisotopic (exact) mass is 300 g/mol. The van der Waals surface area contributed by atoms with Crippen molar-refractivity contribution in [3.8, 4) is 0 Å². The van der Waals surface area contributed by atoms with Crippen LogP contribution in [0.15, 0.2) is 41.4 Å². The average Bonchev–Trinajstić information content (AvgIpc) is 2.45. The summed E-state index contributed by atoms with van der Waals surface area (Å²) in [7, 11) is 0. The van der Waals surface area contributed by atoms with Crippen LogP contribution < -0.4 is 5.32 Å². The number of aryl methyl sites for hydroxylation is 1. The van der Waals surface area contributed by atoms with Gasteiger partial charge in [0.25, 0.3) is 0 Å². The molecular weight excluding hydrogens is 276 g/mol. The second kappa shape index (κ2) is 8.08. The van der Waals surface area contributed by atoms with Gasteiger partial charge in [-0.15, -0.1) is 0 Å². The summed E-state index contributed by atoms with van der Waals surface area (Å²) >= 11 is 5.47. The Morgan fingerprint density at radius 2 is 2.29 bits per heavy atom. The third-order valence-corrected chi connectivity index (χ3v) is 3.99. The second-order valence-corrected chi connectivity index (χ2v) is 6.18. The maximum atomic E-state index is 5.47. The van der Waals surface area contributed by atoms with E-state index in [1.54, 1.807) is 0 Å². The number of hydrogen-bond acceptors (Lipinski definition) is 2. The van der Waals surface area contributed by atoms with Crippen LogP contribution in [0.3, 0.4) is 0 Å². The van der Waals surface area contributed by atoms with Crippen LogP contribution in [-0.2, 0) is 6.42 Å². The number of aliphatic imine (C=N–C) groups is 1. The lowest BCUT2D eigenvalue weighted by Crippen LogP contribution is -2.15. The van der Waals surface area contributed by atoms with Gasteiger partial charge in [-0.2, -0.15) is 0 Å². The van der Waals surface area contributed by atoms with Gasteiger partial charge < -0.3 is 5.32 Å². The Hall–Kier alpha value is -1.48. The van der Waals surface area contributed by atoms with E-state index in [9.17, 15) is 0 Å². The molecule has 1 aromatic carbocycles. The molecule has 1 aliphatic rings. The lowest BCUT2D eigenvalue weighted by atomic mass is 10.0. The Morgan fingerprint density at radius 1 is 1.43 bits per heavy atom. The van der Waals surface area contributed by atoms with Gasteiger partial charge in [0.1, 0.15) is 0 Å². The first kappa shape index (κ1) is 15.9. The summed E-state index contributed by atoms with van der Waals surface area (Å²) < 4.78 is 0. The molecule has 0 fully saturated rings. The molecule has 0 radical (unpaired) electrons. The molecule has 2 rings (SSSR count). The van der Waals surface area contributed by atoms with Gasteiger partial charge in [-0.25, -0.2) is 0 Å². The Bertz CT molecular complexity index is 546. The molecule has 3 heteroatoms. The van der Waals surface area contributed by atoms with Gasteiger partial charge in [0.15, 0.2) is 0 Å². The van der Waals surface area contributed by atoms with Gasteiger partial charge >= 0.3 is 0 Å². The van der Waals surface area contributed by atoms with Crippen LogP contribution in [0.1, 0.15) is 38.7 Å². The number of allylic oxidation sites excluding steroid dienone is 2. The molecule has 112 valence electrons. The predicted molar refractivity (Wildman–Crippen MR) is 96.5 cm³/mol. The number of rotatable bonds is 4. The number of hydrogen-bond donors (Lipinski definition) is 1. The Balaban J connectivity index is 1.93. The Labute approximate surface area is 133 Å². The summed E-state index contributed by atoms with van der Waals surface area (Å²) in [6.45, 7) is 5.35. The van der Waals surface area contributed by atoms with E-state index in [2.05, 4.69) is 60.6 Å². The number of anilines is 1. The molecule has 0 amide bonds. The Kier molecular flexibility index (Phi) is 6.12. The summed E-state index contributed by atoms with van der Waals surface area (Å²) in [6.07, 6.45) is 8.41. The standard InChI is InChI=1S/C18H24N2S/c1-3-15-7-5-9-17(12-15)20-18(21)13-16-8-4-6-14(2)10-11-19-16/h4-5,7-9,12,14H,3,6,10-11,13H2,1-2H3,(H,20,21)/b8-4-,19-16+. The zero-order chi connectivity index (χ0) is 15.1. The SMILES string of the molecule is CCc1cccc(NC(=S)CC2=N/CCC(C)C/C=C\2)c1. The fourth-order valence-corrected chi connectivity index (χ4v) is 2.65. The van der Waals surface area contributed by atoms with Gasteiger partial charge in [0.05, 0.1) is 4.99 Å². The van der Waals surface area contributed by atoms with Crippen LogP contribution in [0, 0.1) is 5.92 Å². The van der Waals surface area contributed by atoms with E-state index in [0.717, 1.165) is 54.5 Å². The molecule has 1 N–H and O–H groups in total. The molecule has 1 heterocycles. The molecule has 0 aliphatic carbocycles. The smallest absolute Gasteiger partial charge is 0.0857 e. The van der Waals surface area contributed by atoms with Gasteiger partial charge in [-0.1, -0.05) is 44.3 Å². The molecule has 0 aromatic heterocycles. The molecule has 0 saturated carbocycles. The van der Waals surface area contributed by atoms with Crippen molar-refractivity contribution in [1.29, 1.82) is 0 Å². The van der Waals surface area contributed by atoms with Crippen LogP contribution in [0.4, 0.5) is 5.69 Å². The lowest BCUT2D eigenvalue weighted by Gasteiger charge is -2.12. The number of thiocarbonyl (C=S) groups is 1. The van der Waals surface area contributed by atoms with Crippen LogP contribution in [0.5, 0.6) is 0 Å². The van der Waals surface area contributed by atoms with Gasteiger partial charge in [-0.3, -0.25) is 4.99 Å². The van der Waals surface area contributed by atoms with E-state index in [4.69, 9.17) is 12.2 Å². The van der Waals surface area contributed by atoms with Crippen LogP contribution in [-0.4, -0.2) is 17.2 Å². The van der Waals surface area contributed by atoms with Crippen molar-refractivity contribution < 1.29 is 0 Å². The summed E-state index contributed by atoms with van der Waals surface area (Å²) in [5.74, 6) is 0.730. The Morgan fingerprint density at radius 3 is 3.10 bits per heavy atom. The molecule has 2 nitrogen and oxygen atoms in total. The van der Waals surface area contributed by atoms with Crippen LogP contribution >= 0.6 is 12.2 Å². The highest BCUT2D eigenvalue weighted by Crippen LogP contribution is 2.14. The quantitative estimate of drug-likeness (QED) is 0.807. The van der Waals surface area contributed by atoms with Crippen molar-refractivity contribution in [1.82, 2.24) is 0 Å². The van der Waals surface area contributed by atoms with E-state index in [1.165, 1.54) is 5.56 Å². The fourth-order valence-electron chi connectivity index (χ4n) is 2.39. The minimum atomic E-state index is 0.719. The minimum Gasteiger partial charge on any atom is -0.350 e. The second-order valence-electron chi connectivity index (χ2n) is 5.68. The molecule has 1 atom stereocenters. The molecule has 1 aliphatic heterocycles. The van der Waals surface area contributed by atoms with Crippen molar-refractivity contribution in [3.05, 3.63) is 42.0 Å². The number of benzene rings is 1. The van der Waals surface area contributed by atoms with E-state index < -0.39 is 0 Å². The van der Waals surface area contributed by atoms with Crippen molar-refractivity contribution in [2.45, 2.75) is 39.5 Å². The summed E-state index contributed by atoms with van der Waals surface area (Å²) in [5, 5.41) is 3.33. The van der Waals surface area contributed by atoms with Crippen molar-refractivity contribution >= 4 is 28.6 Å². The highest BCUT2D eigenvalue weighted by Gasteiger charge is 2.06. The first-order valence-electron chi connectivity index (χ1n) is 7.76. The molecule has 21 heavy (non-hydrogen) atoms. The predicted octanol–water partition coefficient (Wildman–Crippen LogP) is 4.81. The first-order valence-corrected chi connectivity index (χ1v) is 8.17. The molecule has 0 bridgehead atoms. The van der Waals surface area contributed by atoms with Crippen LogP contribution in [0.2, 0.25) is 0 Å². The first-order chi connectivity index (χ1) is 10.2. The van der Waals surface area contributed by atoms with Gasteiger partial charge in [0.2, 0.25) is 0 Å². The van der Waals surface area contributed by atoms with Crippen molar-refractivity contribution in [2.75, 3.05) is 11.9 Å². The maximum Gasteiger partial charge on any atom is 0.0857 e. The fraction of sp³-hybridized carbons (Fsp3) is 0.444. The normalized spacial score (nSPS) is 22.6. The topological polar surface area (TPSA) is 24.4 Å². The maximum absolute atomic E-state index is 5.47. The largest absolute Gasteiger partial charge is 0.350 e. The number of nitrogens with zero attached hydrogens (tertiary/aromatic N) is 1. The van der Waals surface area contributed by atoms with Crippen molar-refractivity contribution in [2.24, 2.45) is 10.9 Å². The zero-order valence-electron chi connectivity index (χ0n) is 12.9. The zero-order valence-corrected chi connectivity index (χ0v) is 13.7. The van der Waals surface area contributed by atoms with Gasteiger partial charge in [0, 0.05) is 24.4 Å². The van der Waals surface area contributed by atoms with Crippen LogP contribution in [0.25, 0.3) is 0 Å². The summed E-state index contributed by atoms with van der Waals surface area (Å²) in [5.41, 5.74) is 3.48. The molecule has 0 spiro atoms. The third kappa shape index (κ3) is 5.43. The molecular formula is C18H24N2S. The van der Waals surface area contributed by atoms with E-state index >= 15 is 0 Å². The molecule has 0 saturated heterocycles. The third-order valence-electron chi connectivity index (χ3n) is 3.75. The molecule has 1 aromatic rings. The van der Waals surface area contributed by atoms with Gasteiger partial charge in [-0.05, 0) is 49.0 Å². The van der Waals surface area contributed by atoms with E-state index in [0.29, 0.717) is 0 Å². The van der Waals surface area contributed by atoms with E-state index in [1.807, 2.05) is 0 Å². The lowest BCUT2D eigenvalue weighted by molar-refractivity contribution is 0.547. The molecule has 1 unspecified atom stereocenters.